The third-order valence-corrected chi connectivity index (χ3v) is 16.7. The van der Waals surface area contributed by atoms with Gasteiger partial charge in [-0.1, -0.05) is 305 Å². The summed E-state index contributed by atoms with van der Waals surface area (Å²) in [5, 5.41) is 0. The van der Waals surface area contributed by atoms with E-state index < -0.39 is 26.5 Å². The zero-order valence-electron chi connectivity index (χ0n) is 55.9. The van der Waals surface area contributed by atoms with E-state index in [1.165, 1.54) is 244 Å². The van der Waals surface area contributed by atoms with Gasteiger partial charge in [0.1, 0.15) is 19.8 Å². The number of quaternary nitrogens is 1. The summed E-state index contributed by atoms with van der Waals surface area (Å²) in [6.45, 7) is 4.45. The zero-order chi connectivity index (χ0) is 61.2. The van der Waals surface area contributed by atoms with Gasteiger partial charge in [-0.15, -0.1) is 0 Å². The fourth-order valence-corrected chi connectivity index (χ4v) is 11.0. The number of nitrogens with zero attached hydrogens (tertiary/aromatic N) is 1. The molecule has 490 valence electrons. The number of hydrogen-bond acceptors (Lipinski definition) is 7. The summed E-state index contributed by atoms with van der Waals surface area (Å²) >= 11 is 0. The molecule has 0 aliphatic heterocycles. The number of allylic oxidation sites excluding steroid dienone is 12. The number of likely N-dealkylation sites (N-methyl/N-ethyl adjacent to an activating group) is 1. The smallest absolute Gasteiger partial charge is 0.462 e. The molecule has 0 aromatic rings. The van der Waals surface area contributed by atoms with Gasteiger partial charge in [0.2, 0.25) is 0 Å². The highest BCUT2D eigenvalue weighted by Crippen LogP contribution is 2.43. The van der Waals surface area contributed by atoms with Crippen LogP contribution in [0.2, 0.25) is 0 Å². The second kappa shape index (κ2) is 64.9. The lowest BCUT2D eigenvalue weighted by Crippen LogP contribution is -2.37. The summed E-state index contributed by atoms with van der Waals surface area (Å²) in [6, 6.07) is 0. The molecule has 10 heteroatoms. The van der Waals surface area contributed by atoms with Crippen LogP contribution >= 0.6 is 7.82 Å². The van der Waals surface area contributed by atoms with Crippen molar-refractivity contribution in [1.82, 2.24) is 0 Å². The Kier molecular flexibility index (Phi) is 62.9. The second-order valence-corrected chi connectivity index (χ2v) is 26.7. The first kappa shape index (κ1) is 81.5. The van der Waals surface area contributed by atoms with Crippen molar-refractivity contribution in [2.24, 2.45) is 0 Å². The maximum atomic E-state index is 12.9. The van der Waals surface area contributed by atoms with E-state index in [-0.39, 0.29) is 32.0 Å². The number of phosphoric acid groups is 1. The maximum absolute atomic E-state index is 12.9. The molecule has 0 saturated heterocycles. The topological polar surface area (TPSA) is 108 Å². The van der Waals surface area contributed by atoms with Crippen LogP contribution in [0.5, 0.6) is 0 Å². The molecule has 0 aromatic heterocycles. The van der Waals surface area contributed by atoms with Crippen LogP contribution in [-0.2, 0) is 32.7 Å². The summed E-state index contributed by atoms with van der Waals surface area (Å²) < 4.78 is 34.7. The molecule has 0 spiro atoms. The average molecular weight is 1200 g/mol. The van der Waals surface area contributed by atoms with Crippen molar-refractivity contribution in [2.75, 3.05) is 47.5 Å². The van der Waals surface area contributed by atoms with Crippen LogP contribution in [0.3, 0.4) is 0 Å². The lowest BCUT2D eigenvalue weighted by atomic mass is 10.0. The third kappa shape index (κ3) is 68.6. The van der Waals surface area contributed by atoms with Crippen LogP contribution in [0.1, 0.15) is 335 Å². The molecule has 2 unspecified atom stereocenters. The van der Waals surface area contributed by atoms with E-state index in [4.69, 9.17) is 18.5 Å². The van der Waals surface area contributed by atoms with Crippen molar-refractivity contribution in [3.8, 4) is 0 Å². The Morgan fingerprint density at radius 3 is 0.952 bits per heavy atom. The van der Waals surface area contributed by atoms with Crippen molar-refractivity contribution in [3.63, 3.8) is 0 Å². The highest BCUT2D eigenvalue weighted by molar-refractivity contribution is 7.47. The number of hydrogen-bond donors (Lipinski definition) is 1. The van der Waals surface area contributed by atoms with Crippen molar-refractivity contribution >= 4 is 19.8 Å². The van der Waals surface area contributed by atoms with Gasteiger partial charge in [0.15, 0.2) is 6.10 Å². The summed E-state index contributed by atoms with van der Waals surface area (Å²) in [5.41, 5.74) is 0. The van der Waals surface area contributed by atoms with E-state index >= 15 is 0 Å². The SMILES string of the molecule is CCCCCCC/C=C\C/C=C\C/C=C\CCCCCCCCCCCCCCCCCCCCC(=O)OC(COC(=O)CCCCCCCCCCCCCC/C=C\C/C=C\C/C=C\CCCCCCC)COP(=O)(O)OCC[N+](C)(C)C. The van der Waals surface area contributed by atoms with Crippen LogP contribution < -0.4 is 0 Å². The van der Waals surface area contributed by atoms with Crippen molar-refractivity contribution in [3.05, 3.63) is 72.9 Å². The highest BCUT2D eigenvalue weighted by Gasteiger charge is 2.27. The minimum atomic E-state index is -4.39. The molecule has 9 nitrogen and oxygen atoms in total. The Bertz CT molecular complexity index is 1650. The van der Waals surface area contributed by atoms with Crippen LogP contribution in [0.25, 0.3) is 0 Å². The third-order valence-electron chi connectivity index (χ3n) is 15.7. The molecule has 0 bridgehead atoms. The highest BCUT2D eigenvalue weighted by atomic mass is 31.2. The van der Waals surface area contributed by atoms with Crippen LogP contribution in [0.4, 0.5) is 0 Å². The van der Waals surface area contributed by atoms with E-state index in [1.54, 1.807) is 0 Å². The first-order valence-electron chi connectivity index (χ1n) is 35.7. The molecule has 0 rings (SSSR count). The Morgan fingerprint density at radius 1 is 0.369 bits per heavy atom. The van der Waals surface area contributed by atoms with E-state index in [0.29, 0.717) is 17.4 Å². The lowest BCUT2D eigenvalue weighted by molar-refractivity contribution is -0.870. The molecule has 2 atom stereocenters. The molecular weight excluding hydrogens is 1060 g/mol. The number of carbonyl (C=O) groups is 2. The minimum absolute atomic E-state index is 0.0308. The molecule has 0 heterocycles. The molecule has 0 aliphatic carbocycles. The maximum Gasteiger partial charge on any atom is 0.472 e. The molecule has 1 N–H and O–H groups in total. The van der Waals surface area contributed by atoms with Gasteiger partial charge in [-0.2, -0.15) is 0 Å². The molecule has 84 heavy (non-hydrogen) atoms. The van der Waals surface area contributed by atoms with Crippen LogP contribution in [0, 0.1) is 0 Å². The summed E-state index contributed by atoms with van der Waals surface area (Å²) in [4.78, 5) is 35.9. The predicted octanol–water partition coefficient (Wildman–Crippen LogP) is 23.2. The standard InChI is InChI=1S/C74H136NO8P/c1-6-8-10-12-14-16-18-20-22-24-26-28-30-32-34-35-36-37-38-39-41-43-45-47-49-51-53-55-57-59-61-63-65-67-74(77)83-72(71-82-84(78,79)81-69-68-75(3,4)5)70-80-73(76)66-64-62-60-58-56-54-52-50-48-46-44-42-40-33-31-29-27-25-23-21-19-17-15-13-11-9-7-2/h18-21,24-27,30-33,72H,6-17,22-23,28-29,34-71H2,1-5H3/p+1/b20-18-,21-19-,26-24-,27-25-,32-30-,33-31-. The van der Waals surface area contributed by atoms with Crippen LogP contribution in [-0.4, -0.2) is 74.9 Å². The largest absolute Gasteiger partial charge is 0.472 e. The van der Waals surface area contributed by atoms with Gasteiger partial charge in [-0.3, -0.25) is 18.6 Å². The number of rotatable bonds is 66. The minimum Gasteiger partial charge on any atom is -0.462 e. The fraction of sp³-hybridized carbons (Fsp3) is 0.811. The number of carbonyl (C=O) groups excluding carboxylic acids is 2. The Morgan fingerprint density at radius 2 is 0.643 bits per heavy atom. The van der Waals surface area contributed by atoms with Crippen LogP contribution in [0.15, 0.2) is 72.9 Å². The normalized spacial score (nSPS) is 13.5. The monoisotopic (exact) mass is 1200 g/mol. The number of phosphoric ester groups is 1. The van der Waals surface area contributed by atoms with E-state index in [9.17, 15) is 19.0 Å². The number of unbranched alkanes of at least 4 members (excludes halogenated alkanes) is 40. The number of ether oxygens (including phenoxy) is 2. The average Bonchev–Trinajstić information content (AvgIpc) is 3.61. The fourth-order valence-electron chi connectivity index (χ4n) is 10.2. The first-order valence-corrected chi connectivity index (χ1v) is 37.2. The Labute approximate surface area is 520 Å². The lowest BCUT2D eigenvalue weighted by Gasteiger charge is -2.24. The quantitative estimate of drug-likeness (QED) is 0.0211. The first-order chi connectivity index (χ1) is 41.0. The van der Waals surface area contributed by atoms with Crippen molar-refractivity contribution in [2.45, 2.75) is 341 Å². The molecule has 0 amide bonds. The van der Waals surface area contributed by atoms with Gasteiger partial charge >= 0.3 is 19.8 Å². The second-order valence-electron chi connectivity index (χ2n) is 25.3. The predicted molar refractivity (Wildman–Crippen MR) is 363 cm³/mol. The Balaban J connectivity index is 4.03. The van der Waals surface area contributed by atoms with E-state index in [1.807, 2.05) is 21.1 Å². The summed E-state index contributed by atoms with van der Waals surface area (Å²) in [6.07, 6.45) is 87.2. The molecule has 0 saturated carbocycles. The zero-order valence-corrected chi connectivity index (χ0v) is 56.8. The molecular formula is C74H137NO8P+. The molecule has 0 aromatic carbocycles. The molecule has 0 fully saturated rings. The van der Waals surface area contributed by atoms with Gasteiger partial charge in [0.05, 0.1) is 27.7 Å². The summed E-state index contributed by atoms with van der Waals surface area (Å²) in [7, 11) is 1.48. The van der Waals surface area contributed by atoms with Gasteiger partial charge in [-0.25, -0.2) is 4.57 Å². The van der Waals surface area contributed by atoms with Crippen molar-refractivity contribution < 1.29 is 42.1 Å². The summed E-state index contributed by atoms with van der Waals surface area (Å²) in [5.74, 6) is -0.787. The van der Waals surface area contributed by atoms with Gasteiger partial charge in [0, 0.05) is 12.8 Å². The van der Waals surface area contributed by atoms with E-state index in [2.05, 4.69) is 86.8 Å². The van der Waals surface area contributed by atoms with Gasteiger partial charge < -0.3 is 18.9 Å². The Hall–Kier alpha value is -2.55. The van der Waals surface area contributed by atoms with Crippen molar-refractivity contribution in [1.29, 1.82) is 0 Å². The van der Waals surface area contributed by atoms with Gasteiger partial charge in [-0.05, 0) is 89.9 Å². The van der Waals surface area contributed by atoms with E-state index in [0.717, 1.165) is 57.8 Å². The molecule has 0 aliphatic rings. The van der Waals surface area contributed by atoms with Gasteiger partial charge in [0.25, 0.3) is 0 Å². The number of esters is 2. The molecule has 0 radical (unpaired) electrons.